The van der Waals surface area contributed by atoms with Gasteiger partial charge in [0.25, 0.3) is 0 Å². The van der Waals surface area contributed by atoms with Crippen LogP contribution in [0.1, 0.15) is 19.3 Å². The number of carbonyl (C=O) groups is 2. The van der Waals surface area contributed by atoms with E-state index < -0.39 is 0 Å². The van der Waals surface area contributed by atoms with Gasteiger partial charge in [-0.05, 0) is 24.3 Å². The van der Waals surface area contributed by atoms with Gasteiger partial charge < -0.3 is 24.4 Å². The van der Waals surface area contributed by atoms with E-state index in [0.717, 1.165) is 5.69 Å². The fraction of sp³-hybridized carbons (Fsp3) is 0.318. The molecule has 0 aliphatic carbocycles. The number of nitrogens with zero attached hydrogens (tertiary/aromatic N) is 2. The lowest BCUT2D eigenvalue weighted by atomic mass is 10.2. The maximum atomic E-state index is 12.6. The molecule has 3 rings (SSSR count). The number of hydrogen-bond donors (Lipinski definition) is 1. The topological polar surface area (TPSA) is 101 Å². The van der Waals surface area contributed by atoms with E-state index in [4.69, 9.17) is 19.5 Å². The third-order valence-electron chi connectivity index (χ3n) is 4.42. The van der Waals surface area contributed by atoms with E-state index in [-0.39, 0.29) is 44.5 Å². The van der Waals surface area contributed by atoms with Crippen LogP contribution in [0, 0.1) is 11.3 Å². The summed E-state index contributed by atoms with van der Waals surface area (Å²) in [6, 6.07) is 16.5. The summed E-state index contributed by atoms with van der Waals surface area (Å²) >= 11 is 0. The van der Waals surface area contributed by atoms with Crippen LogP contribution in [0.15, 0.2) is 48.5 Å². The predicted octanol–water partition coefficient (Wildman–Crippen LogP) is 2.64. The number of amides is 2. The van der Waals surface area contributed by atoms with Crippen molar-refractivity contribution < 1.29 is 23.8 Å². The van der Waals surface area contributed by atoms with Crippen LogP contribution >= 0.6 is 0 Å². The van der Waals surface area contributed by atoms with E-state index in [1.807, 2.05) is 36.4 Å². The van der Waals surface area contributed by atoms with Gasteiger partial charge in [0, 0.05) is 31.1 Å². The Bertz CT molecular complexity index is 911. The Hall–Kier alpha value is -3.73. The molecule has 1 N–H and O–H groups in total. The maximum absolute atomic E-state index is 12.6. The first-order valence-electron chi connectivity index (χ1n) is 9.69. The fourth-order valence-electron chi connectivity index (χ4n) is 2.94. The van der Waals surface area contributed by atoms with Crippen molar-refractivity contribution in [3.63, 3.8) is 0 Å². The van der Waals surface area contributed by atoms with Crippen LogP contribution in [-0.4, -0.2) is 38.3 Å². The first kappa shape index (κ1) is 21.0. The molecule has 2 aromatic carbocycles. The summed E-state index contributed by atoms with van der Waals surface area (Å²) in [5, 5.41) is 11.6. The van der Waals surface area contributed by atoms with Crippen molar-refractivity contribution in [2.45, 2.75) is 19.3 Å². The molecule has 0 aromatic heterocycles. The van der Waals surface area contributed by atoms with Crippen molar-refractivity contribution in [2.75, 3.05) is 31.4 Å². The molecule has 2 amide bonds. The second-order valence-corrected chi connectivity index (χ2v) is 6.50. The molecule has 0 bridgehead atoms. The van der Waals surface area contributed by atoms with E-state index in [1.165, 1.54) is 0 Å². The normalized spacial score (nSPS) is 11.4. The maximum Gasteiger partial charge on any atom is 0.231 e. The minimum absolute atomic E-state index is 0.0647. The van der Waals surface area contributed by atoms with E-state index in [0.29, 0.717) is 30.3 Å². The SMILES string of the molecule is N#CCCN(C(=O)CCC(=O)NCCOc1ccc2c(c1)OCO2)c1ccccc1. The fourth-order valence-corrected chi connectivity index (χ4v) is 2.94. The number of carbonyl (C=O) groups excluding carboxylic acids is 2. The van der Waals surface area contributed by atoms with E-state index in [1.54, 1.807) is 23.1 Å². The van der Waals surface area contributed by atoms with Crippen LogP contribution < -0.4 is 24.4 Å². The molecule has 0 saturated carbocycles. The van der Waals surface area contributed by atoms with Gasteiger partial charge in [0.15, 0.2) is 11.5 Å². The Morgan fingerprint density at radius 2 is 1.90 bits per heavy atom. The number of fused-ring (bicyclic) bond motifs is 1. The molecule has 1 aliphatic rings. The molecule has 0 radical (unpaired) electrons. The smallest absolute Gasteiger partial charge is 0.231 e. The van der Waals surface area contributed by atoms with Crippen molar-refractivity contribution in [3.05, 3.63) is 48.5 Å². The highest BCUT2D eigenvalue weighted by Crippen LogP contribution is 2.34. The second kappa shape index (κ2) is 10.7. The average Bonchev–Trinajstić information content (AvgIpc) is 3.24. The zero-order valence-corrected chi connectivity index (χ0v) is 16.5. The number of rotatable bonds is 10. The monoisotopic (exact) mass is 409 g/mol. The molecule has 30 heavy (non-hydrogen) atoms. The summed E-state index contributed by atoms with van der Waals surface area (Å²) in [7, 11) is 0. The molecule has 1 heterocycles. The Balaban J connectivity index is 1.39. The molecule has 8 heteroatoms. The summed E-state index contributed by atoms with van der Waals surface area (Å²) in [4.78, 5) is 26.2. The van der Waals surface area contributed by atoms with Crippen LogP contribution in [0.3, 0.4) is 0 Å². The highest BCUT2D eigenvalue weighted by atomic mass is 16.7. The van der Waals surface area contributed by atoms with Crippen molar-refractivity contribution in [3.8, 4) is 23.3 Å². The van der Waals surface area contributed by atoms with Crippen LogP contribution in [0.2, 0.25) is 0 Å². The number of hydrogen-bond acceptors (Lipinski definition) is 6. The molecule has 8 nitrogen and oxygen atoms in total. The molecule has 1 aliphatic heterocycles. The van der Waals surface area contributed by atoms with Gasteiger partial charge in [-0.15, -0.1) is 0 Å². The lowest BCUT2D eigenvalue weighted by Crippen LogP contribution is -2.34. The van der Waals surface area contributed by atoms with Crippen LogP contribution in [0.5, 0.6) is 17.2 Å². The number of nitriles is 1. The molecule has 156 valence electrons. The average molecular weight is 409 g/mol. The summed E-state index contributed by atoms with van der Waals surface area (Å²) in [6.45, 7) is 1.10. The Morgan fingerprint density at radius 1 is 1.10 bits per heavy atom. The van der Waals surface area contributed by atoms with Gasteiger partial charge in [0.05, 0.1) is 19.0 Å². The predicted molar refractivity (Wildman–Crippen MR) is 109 cm³/mol. The molecule has 0 saturated heterocycles. The summed E-state index contributed by atoms with van der Waals surface area (Å²) < 4.78 is 16.1. The van der Waals surface area contributed by atoms with Crippen LogP contribution in [-0.2, 0) is 9.59 Å². The molecule has 2 aromatic rings. The van der Waals surface area contributed by atoms with E-state index >= 15 is 0 Å². The molecular formula is C22H23N3O5. The summed E-state index contributed by atoms with van der Waals surface area (Å²) in [5.41, 5.74) is 0.718. The van der Waals surface area contributed by atoms with Crippen molar-refractivity contribution in [1.29, 1.82) is 5.26 Å². The minimum Gasteiger partial charge on any atom is -0.492 e. The Kier molecular flexibility index (Phi) is 7.50. The molecular weight excluding hydrogens is 386 g/mol. The lowest BCUT2D eigenvalue weighted by Gasteiger charge is -2.21. The standard InChI is InChI=1S/C22H23N3O5/c23-11-4-13-25(17-5-2-1-3-6-17)22(27)10-9-21(26)24-12-14-28-18-7-8-19-20(15-18)30-16-29-19/h1-3,5-8,15H,4,9-10,12-14,16H2,(H,24,26). The first-order valence-corrected chi connectivity index (χ1v) is 9.69. The van der Waals surface area contributed by atoms with E-state index in [9.17, 15) is 9.59 Å². The number of ether oxygens (including phenoxy) is 3. The highest BCUT2D eigenvalue weighted by Gasteiger charge is 2.17. The van der Waals surface area contributed by atoms with E-state index in [2.05, 4.69) is 5.32 Å². The number of benzene rings is 2. The third-order valence-corrected chi connectivity index (χ3v) is 4.42. The van der Waals surface area contributed by atoms with Gasteiger partial charge in [-0.2, -0.15) is 5.26 Å². The number of para-hydroxylation sites is 1. The summed E-state index contributed by atoms with van der Waals surface area (Å²) in [6.07, 6.45) is 0.359. The third kappa shape index (κ3) is 5.88. The lowest BCUT2D eigenvalue weighted by molar-refractivity contribution is -0.125. The van der Waals surface area contributed by atoms with Gasteiger partial charge in [0.1, 0.15) is 12.4 Å². The highest BCUT2D eigenvalue weighted by molar-refractivity contribution is 5.95. The quantitative estimate of drug-likeness (QED) is 0.606. The van der Waals surface area contributed by atoms with Gasteiger partial charge in [-0.1, -0.05) is 18.2 Å². The van der Waals surface area contributed by atoms with Gasteiger partial charge in [-0.3, -0.25) is 9.59 Å². The van der Waals surface area contributed by atoms with Gasteiger partial charge >= 0.3 is 0 Å². The second-order valence-electron chi connectivity index (χ2n) is 6.50. The van der Waals surface area contributed by atoms with Crippen molar-refractivity contribution >= 4 is 17.5 Å². The Morgan fingerprint density at radius 3 is 2.70 bits per heavy atom. The van der Waals surface area contributed by atoms with Crippen LogP contribution in [0.4, 0.5) is 5.69 Å². The largest absolute Gasteiger partial charge is 0.492 e. The molecule has 0 fully saturated rings. The first-order chi connectivity index (χ1) is 14.7. The zero-order valence-electron chi connectivity index (χ0n) is 16.5. The van der Waals surface area contributed by atoms with Crippen molar-refractivity contribution in [1.82, 2.24) is 5.32 Å². The molecule has 0 unspecified atom stereocenters. The number of anilines is 1. The molecule has 0 atom stereocenters. The molecule has 0 spiro atoms. The van der Waals surface area contributed by atoms with Gasteiger partial charge in [-0.25, -0.2) is 0 Å². The minimum atomic E-state index is -0.231. The van der Waals surface area contributed by atoms with Gasteiger partial charge in [0.2, 0.25) is 18.6 Å². The van der Waals surface area contributed by atoms with Crippen molar-refractivity contribution in [2.24, 2.45) is 0 Å². The number of nitrogens with one attached hydrogen (secondary N) is 1. The van der Waals surface area contributed by atoms with Crippen LogP contribution in [0.25, 0.3) is 0 Å². The Labute approximate surface area is 174 Å². The summed E-state index contributed by atoms with van der Waals surface area (Å²) in [5.74, 6) is 1.52. The zero-order chi connectivity index (χ0) is 21.2.